The number of aryl methyl sites for hydroxylation is 2. The Morgan fingerprint density at radius 3 is 2.47 bits per heavy atom. The Kier molecular flexibility index (Phi) is 2.84. The Morgan fingerprint density at radius 1 is 1.24 bits per heavy atom. The topological polar surface area (TPSA) is 89.3 Å². The van der Waals surface area contributed by atoms with Crippen molar-refractivity contribution in [1.82, 2.24) is 19.6 Å². The van der Waals surface area contributed by atoms with Crippen LogP contribution < -0.4 is 5.73 Å². The molecule has 92 valence electrons. The van der Waals surface area contributed by atoms with Crippen molar-refractivity contribution in [1.29, 1.82) is 0 Å². The Hall–Kier alpha value is -1.53. The van der Waals surface area contributed by atoms with Crippen molar-refractivity contribution in [2.24, 2.45) is 5.73 Å². The van der Waals surface area contributed by atoms with Crippen LogP contribution in [-0.4, -0.2) is 30.7 Å². The summed E-state index contributed by atoms with van der Waals surface area (Å²) in [5.74, 6) is 0.820. The highest BCUT2D eigenvalue weighted by molar-refractivity contribution is 5.36. The minimum Gasteiger partial charge on any atom is -0.383 e. The zero-order valence-corrected chi connectivity index (χ0v) is 10.5. The van der Waals surface area contributed by atoms with Gasteiger partial charge in [-0.2, -0.15) is 4.98 Å². The monoisotopic (exact) mass is 235 g/mol. The van der Waals surface area contributed by atoms with E-state index in [0.29, 0.717) is 11.6 Å². The van der Waals surface area contributed by atoms with Crippen LogP contribution in [-0.2, 0) is 0 Å². The standard InChI is InChI=1S/C11H17N5O/c1-5-7(3)13-11-14-10(9(17)6(2)12)15-16(11)8(5)4/h6,9,17H,12H2,1-4H3. The fourth-order valence-electron chi connectivity index (χ4n) is 1.63. The number of aliphatic hydroxyl groups is 1. The molecule has 0 aromatic carbocycles. The van der Waals surface area contributed by atoms with Crippen molar-refractivity contribution >= 4 is 5.78 Å². The van der Waals surface area contributed by atoms with E-state index in [1.807, 2.05) is 20.8 Å². The molecule has 0 saturated heterocycles. The van der Waals surface area contributed by atoms with Crippen LogP contribution in [0.1, 0.15) is 35.8 Å². The molecule has 0 bridgehead atoms. The third kappa shape index (κ3) is 1.89. The maximum absolute atomic E-state index is 9.84. The summed E-state index contributed by atoms with van der Waals surface area (Å²) in [7, 11) is 0. The summed E-state index contributed by atoms with van der Waals surface area (Å²) in [6.07, 6.45) is -0.864. The van der Waals surface area contributed by atoms with Gasteiger partial charge in [-0.25, -0.2) is 9.50 Å². The lowest BCUT2D eigenvalue weighted by Crippen LogP contribution is -2.25. The van der Waals surface area contributed by atoms with E-state index in [1.165, 1.54) is 0 Å². The molecule has 0 aliphatic carbocycles. The summed E-state index contributed by atoms with van der Waals surface area (Å²) in [5, 5.41) is 14.1. The first-order chi connectivity index (χ1) is 7.91. The summed E-state index contributed by atoms with van der Waals surface area (Å²) in [6, 6.07) is -0.407. The Balaban J connectivity index is 2.62. The number of rotatable bonds is 2. The van der Waals surface area contributed by atoms with Crippen LogP contribution in [0.3, 0.4) is 0 Å². The molecule has 6 heteroatoms. The highest BCUT2D eigenvalue weighted by Crippen LogP contribution is 2.16. The molecule has 3 N–H and O–H groups in total. The molecule has 2 aromatic rings. The van der Waals surface area contributed by atoms with E-state index in [0.717, 1.165) is 17.0 Å². The summed E-state index contributed by atoms with van der Waals surface area (Å²) < 4.78 is 1.64. The predicted molar refractivity (Wildman–Crippen MR) is 63.6 cm³/mol. The van der Waals surface area contributed by atoms with Gasteiger partial charge in [-0.05, 0) is 33.3 Å². The molecule has 6 nitrogen and oxygen atoms in total. The van der Waals surface area contributed by atoms with Gasteiger partial charge in [0, 0.05) is 17.4 Å². The minimum absolute atomic E-state index is 0.320. The second-order valence-electron chi connectivity index (χ2n) is 4.39. The number of aromatic nitrogens is 4. The molecule has 0 fully saturated rings. The van der Waals surface area contributed by atoms with E-state index in [9.17, 15) is 5.11 Å². The molecule has 2 unspecified atom stereocenters. The number of nitrogens with zero attached hydrogens (tertiary/aromatic N) is 4. The van der Waals surface area contributed by atoms with Gasteiger partial charge in [0.2, 0.25) is 0 Å². The average molecular weight is 235 g/mol. The van der Waals surface area contributed by atoms with Gasteiger partial charge in [-0.15, -0.1) is 5.10 Å². The first-order valence-electron chi connectivity index (χ1n) is 5.56. The molecular weight excluding hydrogens is 218 g/mol. The summed E-state index contributed by atoms with van der Waals surface area (Å²) >= 11 is 0. The van der Waals surface area contributed by atoms with Gasteiger partial charge < -0.3 is 10.8 Å². The molecule has 2 aromatic heterocycles. The normalized spacial score (nSPS) is 15.2. The van der Waals surface area contributed by atoms with Crippen molar-refractivity contribution in [2.75, 3.05) is 0 Å². The molecule has 0 aliphatic rings. The zero-order chi connectivity index (χ0) is 12.7. The molecule has 17 heavy (non-hydrogen) atoms. The van der Waals surface area contributed by atoms with E-state index in [2.05, 4.69) is 15.1 Å². The smallest absolute Gasteiger partial charge is 0.252 e. The average Bonchev–Trinajstić information content (AvgIpc) is 2.68. The van der Waals surface area contributed by atoms with Gasteiger partial charge in [0.1, 0.15) is 6.10 Å². The van der Waals surface area contributed by atoms with E-state index < -0.39 is 12.1 Å². The molecule has 0 saturated carbocycles. The van der Waals surface area contributed by atoms with Gasteiger partial charge in [0.15, 0.2) is 5.82 Å². The Bertz CT molecular complexity index is 560. The third-order valence-corrected chi connectivity index (χ3v) is 3.04. The lowest BCUT2D eigenvalue weighted by atomic mass is 10.2. The second kappa shape index (κ2) is 4.05. The predicted octanol–water partition coefficient (Wildman–Crippen LogP) is 0.430. The first-order valence-corrected chi connectivity index (χ1v) is 5.56. The Morgan fingerprint density at radius 2 is 1.88 bits per heavy atom. The fourth-order valence-corrected chi connectivity index (χ4v) is 1.63. The van der Waals surface area contributed by atoms with Gasteiger partial charge in [-0.1, -0.05) is 0 Å². The largest absolute Gasteiger partial charge is 0.383 e. The SMILES string of the molecule is Cc1nc2nc(C(O)C(C)N)nn2c(C)c1C. The molecular formula is C11H17N5O. The lowest BCUT2D eigenvalue weighted by molar-refractivity contribution is 0.144. The van der Waals surface area contributed by atoms with Crippen molar-refractivity contribution < 1.29 is 5.11 Å². The molecule has 0 aliphatic heterocycles. The van der Waals surface area contributed by atoms with Crippen LogP contribution in [0.4, 0.5) is 0 Å². The van der Waals surface area contributed by atoms with Crippen molar-refractivity contribution in [3.05, 3.63) is 22.8 Å². The molecule has 2 rings (SSSR count). The molecule has 0 amide bonds. The quantitative estimate of drug-likeness (QED) is 0.788. The first kappa shape index (κ1) is 11.9. The fraction of sp³-hybridized carbons (Fsp3) is 0.545. The lowest BCUT2D eigenvalue weighted by Gasteiger charge is -2.09. The van der Waals surface area contributed by atoms with E-state index in [4.69, 9.17) is 5.73 Å². The summed E-state index contributed by atoms with van der Waals surface area (Å²) in [5.41, 5.74) is 8.60. The third-order valence-electron chi connectivity index (χ3n) is 3.04. The molecule has 0 spiro atoms. The number of hydrogen-bond donors (Lipinski definition) is 2. The Labute approximate surface area is 99.5 Å². The summed E-state index contributed by atoms with van der Waals surface area (Å²) in [6.45, 7) is 7.58. The van der Waals surface area contributed by atoms with Gasteiger partial charge in [0.05, 0.1) is 0 Å². The van der Waals surface area contributed by atoms with Crippen LogP contribution in [0.5, 0.6) is 0 Å². The van der Waals surface area contributed by atoms with E-state index >= 15 is 0 Å². The number of hydrogen-bond acceptors (Lipinski definition) is 5. The van der Waals surface area contributed by atoms with Crippen LogP contribution >= 0.6 is 0 Å². The van der Waals surface area contributed by atoms with Crippen LogP contribution in [0.25, 0.3) is 5.78 Å². The highest BCUT2D eigenvalue weighted by atomic mass is 16.3. The van der Waals surface area contributed by atoms with E-state index in [1.54, 1.807) is 11.4 Å². The summed E-state index contributed by atoms with van der Waals surface area (Å²) in [4.78, 5) is 8.54. The molecule has 2 heterocycles. The van der Waals surface area contributed by atoms with Crippen LogP contribution in [0, 0.1) is 20.8 Å². The van der Waals surface area contributed by atoms with E-state index in [-0.39, 0.29) is 0 Å². The molecule has 2 atom stereocenters. The van der Waals surface area contributed by atoms with Crippen LogP contribution in [0.2, 0.25) is 0 Å². The molecule has 0 radical (unpaired) electrons. The van der Waals surface area contributed by atoms with Crippen molar-refractivity contribution in [3.8, 4) is 0 Å². The number of fused-ring (bicyclic) bond motifs is 1. The highest BCUT2D eigenvalue weighted by Gasteiger charge is 2.19. The van der Waals surface area contributed by atoms with Crippen LogP contribution in [0.15, 0.2) is 0 Å². The minimum atomic E-state index is -0.864. The maximum Gasteiger partial charge on any atom is 0.252 e. The number of nitrogens with two attached hydrogens (primary N) is 1. The van der Waals surface area contributed by atoms with Gasteiger partial charge in [0.25, 0.3) is 5.78 Å². The van der Waals surface area contributed by atoms with Gasteiger partial charge >= 0.3 is 0 Å². The maximum atomic E-state index is 9.84. The van der Waals surface area contributed by atoms with Crippen molar-refractivity contribution in [2.45, 2.75) is 39.8 Å². The van der Waals surface area contributed by atoms with Gasteiger partial charge in [-0.3, -0.25) is 0 Å². The zero-order valence-electron chi connectivity index (χ0n) is 10.5. The van der Waals surface area contributed by atoms with Crippen molar-refractivity contribution in [3.63, 3.8) is 0 Å². The number of aliphatic hydroxyl groups excluding tert-OH is 1. The second-order valence-corrected chi connectivity index (χ2v) is 4.39.